The first-order chi connectivity index (χ1) is 9.39. The lowest BCUT2D eigenvalue weighted by Crippen LogP contribution is -2.35. The van der Waals surface area contributed by atoms with Gasteiger partial charge in [0.2, 0.25) is 5.91 Å². The van der Waals surface area contributed by atoms with E-state index in [1.54, 1.807) is 12.1 Å². The maximum atomic E-state index is 12.5. The van der Waals surface area contributed by atoms with Crippen LogP contribution in [0.4, 0.5) is 5.82 Å². The molecule has 0 bridgehead atoms. The molecule has 4 heteroatoms. The van der Waals surface area contributed by atoms with Crippen LogP contribution in [0, 0.1) is 6.92 Å². The highest BCUT2D eigenvalue weighted by Crippen LogP contribution is 2.27. The van der Waals surface area contributed by atoms with E-state index >= 15 is 0 Å². The van der Waals surface area contributed by atoms with Crippen molar-refractivity contribution in [2.75, 3.05) is 5.32 Å². The fraction of sp³-hybridized carbons (Fsp3) is 0.250. The molecule has 2 aromatic rings. The van der Waals surface area contributed by atoms with Crippen molar-refractivity contribution in [3.8, 4) is 0 Å². The number of hydrogen-bond acceptors (Lipinski definition) is 2. The van der Waals surface area contributed by atoms with Crippen molar-refractivity contribution in [2.45, 2.75) is 26.2 Å². The zero-order valence-electron chi connectivity index (χ0n) is 11.8. The van der Waals surface area contributed by atoms with Crippen LogP contribution >= 0.6 is 11.6 Å². The van der Waals surface area contributed by atoms with E-state index in [1.807, 2.05) is 51.1 Å². The van der Waals surface area contributed by atoms with Crippen molar-refractivity contribution in [2.24, 2.45) is 0 Å². The van der Waals surface area contributed by atoms with Gasteiger partial charge in [0.25, 0.3) is 0 Å². The molecule has 0 saturated heterocycles. The summed E-state index contributed by atoms with van der Waals surface area (Å²) in [6.07, 6.45) is 0. The summed E-state index contributed by atoms with van der Waals surface area (Å²) in [6, 6.07) is 12.9. The number of hydrogen-bond donors (Lipinski definition) is 1. The summed E-state index contributed by atoms with van der Waals surface area (Å²) in [5.41, 5.74) is 1.05. The fourth-order valence-corrected chi connectivity index (χ4v) is 2.08. The molecule has 2 rings (SSSR count). The van der Waals surface area contributed by atoms with E-state index in [9.17, 15) is 4.79 Å². The van der Waals surface area contributed by atoms with E-state index in [0.717, 1.165) is 11.3 Å². The number of carbonyl (C=O) groups excluding carboxylic acids is 1. The number of aromatic nitrogens is 1. The predicted octanol–water partition coefficient (Wildman–Crippen LogP) is 3.96. The van der Waals surface area contributed by atoms with Crippen molar-refractivity contribution in [1.82, 2.24) is 4.98 Å². The van der Waals surface area contributed by atoms with Gasteiger partial charge in [-0.1, -0.05) is 29.8 Å². The van der Waals surface area contributed by atoms with E-state index in [1.165, 1.54) is 0 Å². The Balaban J connectivity index is 2.23. The second-order valence-corrected chi connectivity index (χ2v) is 5.69. The molecule has 1 heterocycles. The zero-order valence-corrected chi connectivity index (χ0v) is 12.5. The van der Waals surface area contributed by atoms with Crippen molar-refractivity contribution in [3.63, 3.8) is 0 Å². The molecule has 0 aliphatic rings. The molecule has 1 aromatic carbocycles. The zero-order chi connectivity index (χ0) is 14.8. The van der Waals surface area contributed by atoms with Crippen LogP contribution in [-0.2, 0) is 10.2 Å². The molecular formula is C16H17ClN2O. The Kier molecular flexibility index (Phi) is 4.09. The Hall–Kier alpha value is -1.87. The number of carbonyl (C=O) groups is 1. The van der Waals surface area contributed by atoms with Gasteiger partial charge in [0.05, 0.1) is 5.41 Å². The molecule has 1 N–H and O–H groups in total. The molecule has 0 saturated carbocycles. The maximum absolute atomic E-state index is 12.5. The van der Waals surface area contributed by atoms with Gasteiger partial charge in [-0.25, -0.2) is 4.98 Å². The summed E-state index contributed by atoms with van der Waals surface area (Å²) in [5, 5.41) is 3.47. The van der Waals surface area contributed by atoms with Crippen molar-refractivity contribution in [1.29, 1.82) is 0 Å². The average Bonchev–Trinajstić information content (AvgIpc) is 2.38. The first kappa shape index (κ1) is 14.5. The molecule has 20 heavy (non-hydrogen) atoms. The summed E-state index contributed by atoms with van der Waals surface area (Å²) >= 11 is 5.99. The van der Waals surface area contributed by atoms with Gasteiger partial charge in [-0.3, -0.25) is 4.79 Å². The van der Waals surface area contributed by atoms with Crippen LogP contribution in [0.15, 0.2) is 42.5 Å². The Bertz CT molecular complexity index is 638. The number of anilines is 1. The SMILES string of the molecule is Cc1cccc(NC(=O)C(C)(C)c2cccc(Cl)c2)n1. The summed E-state index contributed by atoms with van der Waals surface area (Å²) in [5.74, 6) is 0.447. The average molecular weight is 289 g/mol. The summed E-state index contributed by atoms with van der Waals surface area (Å²) in [4.78, 5) is 16.7. The lowest BCUT2D eigenvalue weighted by molar-refractivity contribution is -0.120. The Morgan fingerprint density at radius 1 is 1.20 bits per heavy atom. The number of pyridine rings is 1. The minimum atomic E-state index is -0.684. The number of nitrogens with zero attached hydrogens (tertiary/aromatic N) is 1. The van der Waals surface area contributed by atoms with E-state index < -0.39 is 5.41 Å². The summed E-state index contributed by atoms with van der Waals surface area (Å²) in [7, 11) is 0. The van der Waals surface area contributed by atoms with Crippen molar-refractivity contribution < 1.29 is 4.79 Å². The third-order valence-electron chi connectivity index (χ3n) is 3.24. The van der Waals surface area contributed by atoms with E-state index in [0.29, 0.717) is 10.8 Å². The quantitative estimate of drug-likeness (QED) is 0.929. The smallest absolute Gasteiger partial charge is 0.235 e. The lowest BCUT2D eigenvalue weighted by atomic mass is 9.84. The Morgan fingerprint density at radius 3 is 2.55 bits per heavy atom. The molecule has 0 radical (unpaired) electrons. The number of halogens is 1. The standard InChI is InChI=1S/C16H17ClN2O/c1-11-6-4-9-14(18-11)19-15(20)16(2,3)12-7-5-8-13(17)10-12/h4-10H,1-3H3,(H,18,19,20). The largest absolute Gasteiger partial charge is 0.310 e. The molecule has 104 valence electrons. The summed E-state index contributed by atoms with van der Waals surface area (Å²) in [6.45, 7) is 5.62. The second kappa shape index (κ2) is 5.63. The van der Waals surface area contributed by atoms with Gasteiger partial charge < -0.3 is 5.32 Å². The van der Waals surface area contributed by atoms with E-state index in [4.69, 9.17) is 11.6 Å². The van der Waals surface area contributed by atoms with Crippen molar-refractivity contribution in [3.05, 3.63) is 58.7 Å². The minimum absolute atomic E-state index is 0.113. The normalized spacial score (nSPS) is 11.2. The van der Waals surface area contributed by atoms with Gasteiger partial charge in [0, 0.05) is 10.7 Å². The molecule has 0 aliphatic carbocycles. The molecule has 0 spiro atoms. The van der Waals surface area contributed by atoms with Crippen LogP contribution in [0.25, 0.3) is 0 Å². The number of benzene rings is 1. The monoisotopic (exact) mass is 288 g/mol. The van der Waals surface area contributed by atoms with Crippen LogP contribution in [0.2, 0.25) is 5.02 Å². The highest BCUT2D eigenvalue weighted by Gasteiger charge is 2.30. The second-order valence-electron chi connectivity index (χ2n) is 5.25. The van der Waals surface area contributed by atoms with Crippen LogP contribution in [0.3, 0.4) is 0 Å². The van der Waals surface area contributed by atoms with Crippen LogP contribution in [-0.4, -0.2) is 10.9 Å². The van der Waals surface area contributed by atoms with Gasteiger partial charge in [-0.2, -0.15) is 0 Å². The molecule has 0 unspecified atom stereocenters. The first-order valence-corrected chi connectivity index (χ1v) is 6.78. The summed E-state index contributed by atoms with van der Waals surface area (Å²) < 4.78 is 0. The molecule has 0 atom stereocenters. The molecule has 0 aliphatic heterocycles. The van der Waals surface area contributed by atoms with Crippen LogP contribution in [0.1, 0.15) is 25.1 Å². The number of rotatable bonds is 3. The van der Waals surface area contributed by atoms with Crippen molar-refractivity contribution >= 4 is 23.3 Å². The van der Waals surface area contributed by atoms with Gasteiger partial charge in [0.1, 0.15) is 5.82 Å². The molecule has 1 aromatic heterocycles. The number of nitrogens with one attached hydrogen (secondary N) is 1. The minimum Gasteiger partial charge on any atom is -0.310 e. The molecular weight excluding hydrogens is 272 g/mol. The van der Waals surface area contributed by atoms with E-state index in [-0.39, 0.29) is 5.91 Å². The topological polar surface area (TPSA) is 42.0 Å². The highest BCUT2D eigenvalue weighted by molar-refractivity contribution is 6.30. The third kappa shape index (κ3) is 3.17. The van der Waals surface area contributed by atoms with Gasteiger partial charge >= 0.3 is 0 Å². The van der Waals surface area contributed by atoms with Gasteiger partial charge in [-0.15, -0.1) is 0 Å². The molecule has 0 fully saturated rings. The van der Waals surface area contributed by atoms with Crippen LogP contribution in [0.5, 0.6) is 0 Å². The number of amides is 1. The van der Waals surface area contributed by atoms with Gasteiger partial charge in [-0.05, 0) is 50.6 Å². The fourth-order valence-electron chi connectivity index (χ4n) is 1.89. The van der Waals surface area contributed by atoms with Crippen LogP contribution < -0.4 is 5.32 Å². The third-order valence-corrected chi connectivity index (χ3v) is 3.48. The predicted molar refractivity (Wildman–Crippen MR) is 82.1 cm³/mol. The molecule has 3 nitrogen and oxygen atoms in total. The first-order valence-electron chi connectivity index (χ1n) is 6.41. The molecule has 1 amide bonds. The lowest BCUT2D eigenvalue weighted by Gasteiger charge is -2.24. The maximum Gasteiger partial charge on any atom is 0.235 e. The highest BCUT2D eigenvalue weighted by atomic mass is 35.5. The van der Waals surface area contributed by atoms with E-state index in [2.05, 4.69) is 10.3 Å². The number of aryl methyl sites for hydroxylation is 1. The Morgan fingerprint density at radius 2 is 1.90 bits per heavy atom. The van der Waals surface area contributed by atoms with Gasteiger partial charge in [0.15, 0.2) is 0 Å². The Labute approximate surface area is 124 Å².